The highest BCUT2D eigenvalue weighted by Crippen LogP contribution is 2.45. The fourth-order valence-corrected chi connectivity index (χ4v) is 1.65. The Balaban J connectivity index is 2.07. The largest absolute Gasteiger partial charge is 0.330 e. The summed E-state index contributed by atoms with van der Waals surface area (Å²) < 4.78 is 0. The van der Waals surface area contributed by atoms with Crippen molar-refractivity contribution in [1.29, 1.82) is 0 Å². The van der Waals surface area contributed by atoms with Crippen molar-refractivity contribution in [1.82, 2.24) is 4.98 Å². The van der Waals surface area contributed by atoms with Gasteiger partial charge in [-0.15, -0.1) is 0 Å². The van der Waals surface area contributed by atoms with Crippen LogP contribution in [-0.4, -0.2) is 11.5 Å². The van der Waals surface area contributed by atoms with Gasteiger partial charge in [0, 0.05) is 24.4 Å². The van der Waals surface area contributed by atoms with Gasteiger partial charge in [-0.3, -0.25) is 4.98 Å². The molecule has 3 nitrogen and oxygen atoms in total. The summed E-state index contributed by atoms with van der Waals surface area (Å²) in [6, 6.07) is 4.12. The molecule has 0 saturated heterocycles. The van der Waals surface area contributed by atoms with E-state index < -0.39 is 0 Å². The molecule has 1 aromatic rings. The first-order chi connectivity index (χ1) is 6.35. The lowest BCUT2D eigenvalue weighted by Crippen LogP contribution is -2.03. The maximum Gasteiger partial charge on any atom is 0.0438 e. The number of rotatable bonds is 3. The van der Waals surface area contributed by atoms with E-state index in [1.807, 2.05) is 12.3 Å². The van der Waals surface area contributed by atoms with Crippen LogP contribution in [0.2, 0.25) is 0 Å². The van der Waals surface area contributed by atoms with Crippen molar-refractivity contribution in [3.8, 4) is 0 Å². The second kappa shape index (κ2) is 3.44. The van der Waals surface area contributed by atoms with E-state index >= 15 is 0 Å². The van der Waals surface area contributed by atoms with Crippen molar-refractivity contribution >= 4 is 0 Å². The highest BCUT2D eigenvalue weighted by Gasteiger charge is 2.37. The molecule has 0 aromatic carbocycles. The maximum absolute atomic E-state index is 5.57. The number of nitrogens with two attached hydrogens (primary N) is 2. The molecule has 0 spiro atoms. The van der Waals surface area contributed by atoms with Crippen LogP contribution in [-0.2, 0) is 6.54 Å². The summed E-state index contributed by atoms with van der Waals surface area (Å²) in [5.41, 5.74) is 13.3. The molecule has 70 valence electrons. The Morgan fingerprint density at radius 2 is 2.23 bits per heavy atom. The van der Waals surface area contributed by atoms with Crippen LogP contribution in [0.5, 0.6) is 0 Å². The summed E-state index contributed by atoms with van der Waals surface area (Å²) in [5.74, 6) is 1.27. The van der Waals surface area contributed by atoms with Crippen molar-refractivity contribution < 1.29 is 0 Å². The molecule has 1 fully saturated rings. The summed E-state index contributed by atoms with van der Waals surface area (Å²) in [6.45, 7) is 1.35. The van der Waals surface area contributed by atoms with E-state index in [0.29, 0.717) is 18.4 Å². The van der Waals surface area contributed by atoms with E-state index in [4.69, 9.17) is 11.5 Å². The third kappa shape index (κ3) is 1.71. The van der Waals surface area contributed by atoms with Gasteiger partial charge in [-0.05, 0) is 30.5 Å². The molecule has 0 bridgehead atoms. The Morgan fingerprint density at radius 3 is 2.69 bits per heavy atom. The van der Waals surface area contributed by atoms with Gasteiger partial charge in [0.05, 0.1) is 0 Å². The fourth-order valence-electron chi connectivity index (χ4n) is 1.65. The van der Waals surface area contributed by atoms with Gasteiger partial charge in [0.2, 0.25) is 0 Å². The molecule has 1 heterocycles. The third-order valence-corrected chi connectivity index (χ3v) is 2.69. The Bertz CT molecular complexity index is 281. The van der Waals surface area contributed by atoms with Crippen LogP contribution in [0.1, 0.15) is 23.6 Å². The highest BCUT2D eigenvalue weighted by molar-refractivity contribution is 5.21. The zero-order chi connectivity index (χ0) is 9.26. The minimum atomic E-state index is 0.568. The molecule has 0 aliphatic heterocycles. The molecule has 0 amide bonds. The van der Waals surface area contributed by atoms with E-state index in [2.05, 4.69) is 11.1 Å². The first-order valence-electron chi connectivity index (χ1n) is 4.70. The number of pyridine rings is 1. The summed E-state index contributed by atoms with van der Waals surface area (Å²) in [6.07, 6.45) is 3.06. The van der Waals surface area contributed by atoms with Gasteiger partial charge in [-0.25, -0.2) is 0 Å². The van der Waals surface area contributed by atoms with E-state index in [1.165, 1.54) is 12.1 Å². The zero-order valence-corrected chi connectivity index (χ0v) is 7.61. The summed E-state index contributed by atoms with van der Waals surface area (Å²) in [5, 5.41) is 0. The monoisotopic (exact) mass is 177 g/mol. The maximum atomic E-state index is 5.57. The molecule has 1 aliphatic carbocycles. The minimum absolute atomic E-state index is 0.568. The van der Waals surface area contributed by atoms with Gasteiger partial charge in [0.15, 0.2) is 0 Å². The molecule has 0 radical (unpaired) electrons. The van der Waals surface area contributed by atoms with Crippen LogP contribution in [0.15, 0.2) is 18.3 Å². The standard InChI is InChI=1S/C10H15N3/c11-4-7-1-2-10(13-6-7)9-3-8(9)5-12/h1-2,6,8-9H,3-5,11-12H2. The van der Waals surface area contributed by atoms with Crippen molar-refractivity contribution in [3.05, 3.63) is 29.6 Å². The van der Waals surface area contributed by atoms with Crippen molar-refractivity contribution in [2.75, 3.05) is 6.54 Å². The van der Waals surface area contributed by atoms with Crippen LogP contribution in [0, 0.1) is 5.92 Å². The van der Waals surface area contributed by atoms with Crippen LogP contribution in [0.4, 0.5) is 0 Å². The zero-order valence-electron chi connectivity index (χ0n) is 7.61. The predicted molar refractivity (Wildman–Crippen MR) is 52.0 cm³/mol. The van der Waals surface area contributed by atoms with Crippen LogP contribution in [0.25, 0.3) is 0 Å². The first kappa shape index (κ1) is 8.66. The van der Waals surface area contributed by atoms with E-state index in [9.17, 15) is 0 Å². The van der Waals surface area contributed by atoms with E-state index in [0.717, 1.165) is 12.1 Å². The summed E-state index contributed by atoms with van der Waals surface area (Å²) in [4.78, 5) is 4.37. The Morgan fingerprint density at radius 1 is 1.38 bits per heavy atom. The van der Waals surface area contributed by atoms with Gasteiger partial charge in [-0.2, -0.15) is 0 Å². The molecule has 4 N–H and O–H groups in total. The molecular weight excluding hydrogens is 162 g/mol. The number of hydrogen-bond acceptors (Lipinski definition) is 3. The SMILES string of the molecule is NCc1ccc(C2CC2CN)nc1. The molecule has 13 heavy (non-hydrogen) atoms. The minimum Gasteiger partial charge on any atom is -0.330 e. The van der Waals surface area contributed by atoms with Gasteiger partial charge in [0.1, 0.15) is 0 Å². The van der Waals surface area contributed by atoms with Crippen molar-refractivity contribution in [3.63, 3.8) is 0 Å². The van der Waals surface area contributed by atoms with Crippen molar-refractivity contribution in [2.24, 2.45) is 17.4 Å². The van der Waals surface area contributed by atoms with Crippen LogP contribution >= 0.6 is 0 Å². The van der Waals surface area contributed by atoms with Gasteiger partial charge in [-0.1, -0.05) is 6.07 Å². The lowest BCUT2D eigenvalue weighted by molar-refractivity contribution is 0.796. The first-order valence-corrected chi connectivity index (χ1v) is 4.70. The normalized spacial score (nSPS) is 26.0. The predicted octanol–water partition coefficient (Wildman–Crippen LogP) is 0.602. The second-order valence-corrected chi connectivity index (χ2v) is 3.63. The lowest BCUT2D eigenvalue weighted by atomic mass is 10.2. The number of hydrogen-bond donors (Lipinski definition) is 2. The summed E-state index contributed by atoms with van der Waals surface area (Å²) in [7, 11) is 0. The van der Waals surface area contributed by atoms with Crippen LogP contribution < -0.4 is 11.5 Å². The lowest BCUT2D eigenvalue weighted by Gasteiger charge is -1.99. The Hall–Kier alpha value is -0.930. The smallest absolute Gasteiger partial charge is 0.0438 e. The van der Waals surface area contributed by atoms with Gasteiger partial charge >= 0.3 is 0 Å². The molecule has 2 atom stereocenters. The Kier molecular flexibility index (Phi) is 2.29. The molecule has 1 aliphatic rings. The third-order valence-electron chi connectivity index (χ3n) is 2.69. The molecule has 1 aromatic heterocycles. The fraction of sp³-hybridized carbons (Fsp3) is 0.500. The molecule has 3 heteroatoms. The van der Waals surface area contributed by atoms with E-state index in [1.54, 1.807) is 0 Å². The average Bonchev–Trinajstić information content (AvgIpc) is 2.97. The average molecular weight is 177 g/mol. The van der Waals surface area contributed by atoms with E-state index in [-0.39, 0.29) is 0 Å². The van der Waals surface area contributed by atoms with Crippen LogP contribution in [0.3, 0.4) is 0 Å². The molecular formula is C10H15N3. The van der Waals surface area contributed by atoms with Gasteiger partial charge in [0.25, 0.3) is 0 Å². The number of aromatic nitrogens is 1. The second-order valence-electron chi connectivity index (χ2n) is 3.63. The topological polar surface area (TPSA) is 64.9 Å². The number of nitrogens with zero attached hydrogens (tertiary/aromatic N) is 1. The quantitative estimate of drug-likeness (QED) is 0.710. The molecule has 2 rings (SSSR count). The molecule has 2 unspecified atom stereocenters. The van der Waals surface area contributed by atoms with Gasteiger partial charge < -0.3 is 11.5 Å². The molecule has 1 saturated carbocycles. The Labute approximate surface area is 78.1 Å². The highest BCUT2D eigenvalue weighted by atomic mass is 14.7. The van der Waals surface area contributed by atoms with Crippen molar-refractivity contribution in [2.45, 2.75) is 18.9 Å². The summed E-state index contributed by atoms with van der Waals surface area (Å²) >= 11 is 0.